The first kappa shape index (κ1) is 20.2. The largest absolute Gasteiger partial charge is 0.337 e. The van der Waals surface area contributed by atoms with Crippen molar-refractivity contribution < 1.29 is 27.5 Å². The lowest BCUT2D eigenvalue weighted by Crippen LogP contribution is -2.18. The van der Waals surface area contributed by atoms with Gasteiger partial charge in [-0.3, -0.25) is 4.79 Å². The number of halogens is 1. The van der Waals surface area contributed by atoms with Gasteiger partial charge in [0.1, 0.15) is 33.2 Å². The van der Waals surface area contributed by atoms with Crippen molar-refractivity contribution in [3.8, 4) is 11.8 Å². The van der Waals surface area contributed by atoms with E-state index in [0.29, 0.717) is 17.0 Å². The van der Waals surface area contributed by atoms with Crippen molar-refractivity contribution in [3.05, 3.63) is 50.3 Å². The zero-order valence-corrected chi connectivity index (χ0v) is 17.4. The Morgan fingerprint density at radius 2 is 2.20 bits per heavy atom. The molecule has 0 radical (unpaired) electrons. The van der Waals surface area contributed by atoms with Crippen molar-refractivity contribution in [1.82, 2.24) is 5.16 Å². The molecule has 2 aromatic heterocycles. The van der Waals surface area contributed by atoms with E-state index >= 15 is 0 Å². The molecular weight excluding hydrogens is 456 g/mol. The van der Waals surface area contributed by atoms with Gasteiger partial charge in [-0.15, -0.1) is 11.3 Å². The Kier molecular flexibility index (Phi) is 5.12. The van der Waals surface area contributed by atoms with E-state index in [1.807, 2.05) is 6.07 Å². The van der Waals surface area contributed by atoms with Crippen molar-refractivity contribution >= 4 is 50.4 Å². The van der Waals surface area contributed by atoms with Crippen LogP contribution < -0.4 is 14.9 Å². The Morgan fingerprint density at radius 1 is 1.40 bits per heavy atom. The molecule has 13 heteroatoms. The molecular formula is C17H11ClN4O6S2. The Bertz CT molecular complexity index is 1310. The summed E-state index contributed by atoms with van der Waals surface area (Å²) in [7, 11) is -4.20. The van der Waals surface area contributed by atoms with Crippen LogP contribution in [0.2, 0.25) is 5.02 Å². The average molecular weight is 467 g/mol. The van der Waals surface area contributed by atoms with Crippen LogP contribution in [0, 0.1) is 18.3 Å². The maximum Gasteiger partial charge on any atom is 0.267 e. The Labute approximate surface area is 178 Å². The molecule has 0 aliphatic carbocycles. The maximum atomic E-state index is 12.8. The zero-order chi connectivity index (χ0) is 21.5. The van der Waals surface area contributed by atoms with E-state index < -0.39 is 15.9 Å². The molecule has 30 heavy (non-hydrogen) atoms. The third-order valence-corrected chi connectivity index (χ3v) is 6.94. The number of anilines is 2. The fourth-order valence-electron chi connectivity index (χ4n) is 2.62. The van der Waals surface area contributed by atoms with Crippen molar-refractivity contribution in [2.45, 2.75) is 18.4 Å². The third kappa shape index (κ3) is 3.59. The number of sulfonamides is 1. The second kappa shape index (κ2) is 7.62. The first-order valence-corrected chi connectivity index (χ1v) is 10.9. The van der Waals surface area contributed by atoms with Crippen LogP contribution in [-0.2, 0) is 21.5 Å². The monoisotopic (exact) mass is 466 g/mol. The fraction of sp³-hybridized carbons (Fsp3) is 0.118. The number of hydrogen-bond acceptors (Lipinski definition) is 9. The van der Waals surface area contributed by atoms with E-state index in [0.717, 1.165) is 11.3 Å². The summed E-state index contributed by atoms with van der Waals surface area (Å²) in [5.41, 5.74) is 1.29. The number of nitrogens with zero attached hydrogens (tertiary/aromatic N) is 2. The number of carbonyl (C=O) groups excluding carboxylic acids is 1. The van der Waals surface area contributed by atoms with Crippen LogP contribution in [0.4, 0.5) is 11.6 Å². The molecule has 0 spiro atoms. The highest BCUT2D eigenvalue weighted by Crippen LogP contribution is 2.33. The van der Waals surface area contributed by atoms with Crippen LogP contribution in [0.25, 0.3) is 0 Å². The van der Waals surface area contributed by atoms with Crippen LogP contribution in [0.1, 0.15) is 26.5 Å². The lowest BCUT2D eigenvalue weighted by atomic mass is 10.1. The number of nitrogens with one attached hydrogen (secondary N) is 2. The molecule has 2 N–H and O–H groups in total. The number of rotatable bonds is 5. The standard InChI is InChI=1S/C17H11ClN4O6S2/c1-8-14(18)17(27-21-8)22-30(24,25)13-2-3-29-15(13)16(23)20-11-4-10-7-26-28-12(10)5-9(11)6-19/h2-5,22H,7H2,1H3,(H,20,23). The van der Waals surface area contributed by atoms with Crippen LogP contribution in [-0.4, -0.2) is 19.5 Å². The van der Waals surface area contributed by atoms with Gasteiger partial charge in [0.05, 0.1) is 11.3 Å². The zero-order valence-electron chi connectivity index (χ0n) is 15.1. The molecule has 0 bridgehead atoms. The van der Waals surface area contributed by atoms with E-state index in [-0.39, 0.29) is 38.5 Å². The van der Waals surface area contributed by atoms with Gasteiger partial charge in [-0.05, 0) is 24.4 Å². The SMILES string of the molecule is Cc1noc(NS(=O)(=O)c2ccsc2C(=O)Nc2cc3c(cc2C#N)OOC3)c1Cl. The first-order chi connectivity index (χ1) is 14.3. The number of fused-ring (bicyclic) bond motifs is 1. The van der Waals surface area contributed by atoms with Gasteiger partial charge in [0.15, 0.2) is 5.75 Å². The molecule has 4 rings (SSSR count). The Balaban J connectivity index is 1.63. The fourth-order valence-corrected chi connectivity index (χ4v) is 5.11. The van der Waals surface area contributed by atoms with Crippen molar-refractivity contribution in [2.75, 3.05) is 10.0 Å². The summed E-state index contributed by atoms with van der Waals surface area (Å²) in [5, 5.41) is 17.0. The molecule has 0 atom stereocenters. The molecule has 1 aliphatic heterocycles. The van der Waals surface area contributed by atoms with Gasteiger partial charge >= 0.3 is 0 Å². The molecule has 1 amide bonds. The number of benzene rings is 1. The number of hydrogen-bond donors (Lipinski definition) is 2. The minimum Gasteiger partial charge on any atom is -0.337 e. The molecule has 3 aromatic rings. The van der Waals surface area contributed by atoms with Crippen LogP contribution in [0.3, 0.4) is 0 Å². The minimum atomic E-state index is -4.20. The number of thiophene rings is 1. The second-order valence-electron chi connectivity index (χ2n) is 6.05. The van der Waals surface area contributed by atoms with Crippen molar-refractivity contribution in [2.24, 2.45) is 0 Å². The third-order valence-electron chi connectivity index (χ3n) is 4.08. The predicted octanol–water partition coefficient (Wildman–Crippen LogP) is 3.45. The minimum absolute atomic E-state index is 0.0149. The first-order valence-electron chi connectivity index (χ1n) is 8.20. The molecule has 0 saturated heterocycles. The summed E-state index contributed by atoms with van der Waals surface area (Å²) < 4.78 is 32.6. The van der Waals surface area contributed by atoms with Crippen molar-refractivity contribution in [3.63, 3.8) is 0 Å². The number of amides is 1. The van der Waals surface area contributed by atoms with Gasteiger partial charge in [0.25, 0.3) is 21.8 Å². The summed E-state index contributed by atoms with van der Waals surface area (Å²) in [6.07, 6.45) is 0. The number of aromatic nitrogens is 1. The van der Waals surface area contributed by atoms with E-state index in [2.05, 4.69) is 15.2 Å². The van der Waals surface area contributed by atoms with Crippen LogP contribution in [0.5, 0.6) is 5.75 Å². The molecule has 0 unspecified atom stereocenters. The van der Waals surface area contributed by atoms with Gasteiger partial charge in [-0.1, -0.05) is 16.8 Å². The normalized spacial score (nSPS) is 12.7. The summed E-state index contributed by atoms with van der Waals surface area (Å²) in [6, 6.07) is 6.19. The van der Waals surface area contributed by atoms with E-state index in [1.165, 1.54) is 23.6 Å². The lowest BCUT2D eigenvalue weighted by Gasteiger charge is -2.09. The summed E-state index contributed by atoms with van der Waals surface area (Å²) in [5.74, 6) is -0.578. The quantitative estimate of drug-likeness (QED) is 0.544. The Morgan fingerprint density at radius 3 is 2.90 bits per heavy atom. The highest BCUT2D eigenvalue weighted by Gasteiger charge is 2.28. The smallest absolute Gasteiger partial charge is 0.267 e. The highest BCUT2D eigenvalue weighted by molar-refractivity contribution is 7.93. The highest BCUT2D eigenvalue weighted by atomic mass is 35.5. The molecule has 154 valence electrons. The molecule has 1 aromatic carbocycles. The summed E-state index contributed by atoms with van der Waals surface area (Å²) in [6.45, 7) is 1.70. The maximum absolute atomic E-state index is 12.8. The second-order valence-corrected chi connectivity index (χ2v) is 8.99. The van der Waals surface area contributed by atoms with E-state index in [4.69, 9.17) is 25.9 Å². The Hall–Kier alpha value is -3.11. The number of aryl methyl sites for hydroxylation is 1. The van der Waals surface area contributed by atoms with Gasteiger partial charge in [-0.2, -0.15) is 10.1 Å². The van der Waals surface area contributed by atoms with E-state index in [1.54, 1.807) is 6.92 Å². The summed E-state index contributed by atoms with van der Waals surface area (Å²) in [4.78, 5) is 22.2. The molecule has 0 saturated carbocycles. The van der Waals surface area contributed by atoms with Crippen LogP contribution in [0.15, 0.2) is 33.0 Å². The van der Waals surface area contributed by atoms with E-state index in [9.17, 15) is 18.5 Å². The molecule has 3 heterocycles. The number of carbonyl (C=O) groups is 1. The van der Waals surface area contributed by atoms with Crippen molar-refractivity contribution in [1.29, 1.82) is 5.26 Å². The topological polar surface area (TPSA) is 144 Å². The summed E-state index contributed by atoms with van der Waals surface area (Å²) >= 11 is 6.87. The van der Waals surface area contributed by atoms with Gasteiger partial charge < -0.3 is 14.7 Å². The average Bonchev–Trinajstić information content (AvgIpc) is 3.44. The van der Waals surface area contributed by atoms with Gasteiger partial charge in [-0.25, -0.2) is 13.1 Å². The molecule has 1 aliphatic rings. The van der Waals surface area contributed by atoms with Crippen LogP contribution >= 0.6 is 22.9 Å². The predicted molar refractivity (Wildman–Crippen MR) is 106 cm³/mol. The van der Waals surface area contributed by atoms with Gasteiger partial charge in [0, 0.05) is 11.6 Å². The lowest BCUT2D eigenvalue weighted by molar-refractivity contribution is -0.194. The number of nitriles is 1. The molecule has 10 nitrogen and oxygen atoms in total. The molecule has 0 fully saturated rings. The van der Waals surface area contributed by atoms with Gasteiger partial charge in [0.2, 0.25) is 0 Å².